The van der Waals surface area contributed by atoms with Crippen LogP contribution in [0.1, 0.15) is 43.0 Å². The highest BCUT2D eigenvalue weighted by molar-refractivity contribution is 5.94. The zero-order valence-corrected chi connectivity index (χ0v) is 11.4. The Hall–Kier alpha value is -1.42. The molecule has 2 atom stereocenters. The molecule has 0 aliphatic carbocycles. The zero-order chi connectivity index (χ0) is 13.2. The molecule has 1 aromatic rings. The maximum atomic E-state index is 12.6. The van der Waals surface area contributed by atoms with Crippen LogP contribution < -0.4 is 5.32 Å². The molecule has 1 aromatic heterocycles. The third-order valence-corrected chi connectivity index (χ3v) is 4.42. The molecule has 0 radical (unpaired) electrons. The monoisotopic (exact) mass is 259 g/mol. The van der Waals surface area contributed by atoms with E-state index in [9.17, 15) is 4.79 Å². The zero-order valence-electron chi connectivity index (χ0n) is 11.4. The van der Waals surface area contributed by atoms with Crippen LogP contribution in [-0.2, 0) is 0 Å². The van der Waals surface area contributed by atoms with Gasteiger partial charge in [0, 0.05) is 42.6 Å². The number of carbonyl (C=O) groups is 1. The van der Waals surface area contributed by atoms with Gasteiger partial charge in [0.05, 0.1) is 0 Å². The summed E-state index contributed by atoms with van der Waals surface area (Å²) in [7, 11) is 0. The highest BCUT2D eigenvalue weighted by Gasteiger charge is 2.37. The van der Waals surface area contributed by atoms with Gasteiger partial charge in [-0.2, -0.15) is 0 Å². The number of pyridine rings is 1. The summed E-state index contributed by atoms with van der Waals surface area (Å²) in [4.78, 5) is 18.6. The van der Waals surface area contributed by atoms with E-state index in [1.807, 2.05) is 4.90 Å². The van der Waals surface area contributed by atoms with E-state index in [0.29, 0.717) is 18.1 Å². The van der Waals surface area contributed by atoms with Crippen molar-refractivity contribution in [2.24, 2.45) is 0 Å². The molecule has 2 bridgehead atoms. The number of piperidine rings is 1. The molecule has 102 valence electrons. The second-order valence-electron chi connectivity index (χ2n) is 5.59. The van der Waals surface area contributed by atoms with Gasteiger partial charge in [-0.15, -0.1) is 0 Å². The van der Waals surface area contributed by atoms with Crippen molar-refractivity contribution in [3.05, 3.63) is 30.1 Å². The number of carbonyl (C=O) groups excluding carboxylic acids is 1. The van der Waals surface area contributed by atoms with Crippen molar-refractivity contribution in [3.63, 3.8) is 0 Å². The van der Waals surface area contributed by atoms with Crippen LogP contribution in [0.5, 0.6) is 0 Å². The standard InChI is InChI=1S/C15H21N3O/c1-2-18(15(19)11-5-7-16-8-6-11)14-9-12-3-4-13(10-14)17-12/h5-8,12-14,17H,2-4,9-10H2,1H3. The molecule has 4 nitrogen and oxygen atoms in total. The molecule has 1 amide bonds. The Morgan fingerprint density at radius 3 is 2.53 bits per heavy atom. The van der Waals surface area contributed by atoms with Gasteiger partial charge in [0.2, 0.25) is 0 Å². The van der Waals surface area contributed by atoms with E-state index in [2.05, 4.69) is 17.2 Å². The molecule has 2 saturated heterocycles. The Kier molecular flexibility index (Phi) is 3.51. The van der Waals surface area contributed by atoms with Crippen molar-refractivity contribution in [1.82, 2.24) is 15.2 Å². The molecular weight excluding hydrogens is 238 g/mol. The molecule has 0 spiro atoms. The van der Waals surface area contributed by atoms with Gasteiger partial charge in [0.25, 0.3) is 5.91 Å². The predicted octanol–water partition coefficient (Wildman–Crippen LogP) is 1.83. The molecule has 1 N–H and O–H groups in total. The van der Waals surface area contributed by atoms with Crippen LogP contribution in [0.4, 0.5) is 0 Å². The molecule has 2 aliphatic rings. The third-order valence-electron chi connectivity index (χ3n) is 4.42. The first-order chi connectivity index (χ1) is 9.28. The fourth-order valence-corrected chi connectivity index (χ4v) is 3.51. The maximum Gasteiger partial charge on any atom is 0.254 e. The SMILES string of the molecule is CCN(C(=O)c1ccncc1)C1CC2CCC(C1)N2. The normalized spacial score (nSPS) is 29.2. The van der Waals surface area contributed by atoms with Crippen LogP contribution in [0.2, 0.25) is 0 Å². The quantitative estimate of drug-likeness (QED) is 0.900. The Morgan fingerprint density at radius 1 is 1.32 bits per heavy atom. The average Bonchev–Trinajstić information content (AvgIpc) is 2.79. The lowest BCUT2D eigenvalue weighted by atomic mass is 9.97. The fourth-order valence-electron chi connectivity index (χ4n) is 3.51. The Bertz CT molecular complexity index is 436. The van der Waals surface area contributed by atoms with Gasteiger partial charge in [-0.25, -0.2) is 0 Å². The van der Waals surface area contributed by atoms with Crippen LogP contribution in [0.3, 0.4) is 0 Å². The van der Waals surface area contributed by atoms with Crippen LogP contribution in [-0.4, -0.2) is 40.5 Å². The van der Waals surface area contributed by atoms with E-state index in [1.54, 1.807) is 24.5 Å². The predicted molar refractivity (Wildman–Crippen MR) is 73.9 cm³/mol. The topological polar surface area (TPSA) is 45.2 Å². The Morgan fingerprint density at radius 2 is 1.95 bits per heavy atom. The van der Waals surface area contributed by atoms with Gasteiger partial charge in [-0.1, -0.05) is 0 Å². The lowest BCUT2D eigenvalue weighted by Crippen LogP contribution is -2.50. The second-order valence-corrected chi connectivity index (χ2v) is 5.59. The molecule has 0 saturated carbocycles. The second kappa shape index (κ2) is 5.29. The van der Waals surface area contributed by atoms with Crippen molar-refractivity contribution < 1.29 is 4.79 Å². The van der Waals surface area contributed by atoms with E-state index in [1.165, 1.54) is 12.8 Å². The molecule has 2 fully saturated rings. The summed E-state index contributed by atoms with van der Waals surface area (Å²) in [6, 6.07) is 5.23. The third kappa shape index (κ3) is 2.50. The van der Waals surface area contributed by atoms with E-state index in [0.717, 1.165) is 24.9 Å². The minimum absolute atomic E-state index is 0.149. The highest BCUT2D eigenvalue weighted by atomic mass is 16.2. The lowest BCUT2D eigenvalue weighted by Gasteiger charge is -2.37. The Labute approximate surface area is 114 Å². The largest absolute Gasteiger partial charge is 0.336 e. The smallest absolute Gasteiger partial charge is 0.254 e. The fraction of sp³-hybridized carbons (Fsp3) is 0.600. The van der Waals surface area contributed by atoms with Crippen LogP contribution in [0.15, 0.2) is 24.5 Å². The van der Waals surface area contributed by atoms with E-state index in [4.69, 9.17) is 0 Å². The van der Waals surface area contributed by atoms with Gasteiger partial charge in [-0.3, -0.25) is 9.78 Å². The number of hydrogen-bond donors (Lipinski definition) is 1. The summed E-state index contributed by atoms with van der Waals surface area (Å²) in [5.74, 6) is 0.149. The first-order valence-corrected chi connectivity index (χ1v) is 7.25. The number of nitrogens with zero attached hydrogens (tertiary/aromatic N) is 2. The van der Waals surface area contributed by atoms with Gasteiger partial charge < -0.3 is 10.2 Å². The van der Waals surface area contributed by atoms with Crippen molar-refractivity contribution in [1.29, 1.82) is 0 Å². The minimum atomic E-state index is 0.149. The molecule has 0 aromatic carbocycles. The molecule has 4 heteroatoms. The number of hydrogen-bond acceptors (Lipinski definition) is 3. The summed E-state index contributed by atoms with van der Waals surface area (Å²) >= 11 is 0. The van der Waals surface area contributed by atoms with Gasteiger partial charge in [0.15, 0.2) is 0 Å². The number of fused-ring (bicyclic) bond motifs is 2. The lowest BCUT2D eigenvalue weighted by molar-refractivity contribution is 0.0631. The first kappa shape index (κ1) is 12.6. The summed E-state index contributed by atoms with van der Waals surface area (Å²) < 4.78 is 0. The van der Waals surface area contributed by atoms with Gasteiger partial charge in [-0.05, 0) is 44.7 Å². The molecular formula is C15H21N3O. The van der Waals surface area contributed by atoms with E-state index < -0.39 is 0 Å². The van der Waals surface area contributed by atoms with Gasteiger partial charge >= 0.3 is 0 Å². The molecule has 2 unspecified atom stereocenters. The van der Waals surface area contributed by atoms with E-state index in [-0.39, 0.29) is 5.91 Å². The summed E-state index contributed by atoms with van der Waals surface area (Å²) in [6.45, 7) is 2.86. The number of rotatable bonds is 3. The molecule has 3 rings (SSSR count). The maximum absolute atomic E-state index is 12.6. The molecule has 19 heavy (non-hydrogen) atoms. The first-order valence-electron chi connectivity index (χ1n) is 7.25. The summed E-state index contributed by atoms with van der Waals surface area (Å²) in [6.07, 6.45) is 8.10. The Balaban J connectivity index is 1.75. The van der Waals surface area contributed by atoms with E-state index >= 15 is 0 Å². The van der Waals surface area contributed by atoms with Crippen LogP contribution >= 0.6 is 0 Å². The van der Waals surface area contributed by atoms with Crippen molar-refractivity contribution >= 4 is 5.91 Å². The molecule has 3 heterocycles. The van der Waals surface area contributed by atoms with Crippen molar-refractivity contribution in [2.45, 2.75) is 50.7 Å². The van der Waals surface area contributed by atoms with Crippen molar-refractivity contribution in [3.8, 4) is 0 Å². The number of aromatic nitrogens is 1. The number of nitrogens with one attached hydrogen (secondary N) is 1. The number of amides is 1. The highest BCUT2D eigenvalue weighted by Crippen LogP contribution is 2.30. The van der Waals surface area contributed by atoms with Crippen molar-refractivity contribution in [2.75, 3.05) is 6.54 Å². The van der Waals surface area contributed by atoms with Gasteiger partial charge in [0.1, 0.15) is 0 Å². The summed E-state index contributed by atoms with van der Waals surface area (Å²) in [5.41, 5.74) is 0.753. The van der Waals surface area contributed by atoms with Crippen LogP contribution in [0, 0.1) is 0 Å². The molecule has 2 aliphatic heterocycles. The average molecular weight is 259 g/mol. The summed E-state index contributed by atoms with van der Waals surface area (Å²) in [5, 5.41) is 3.63. The van der Waals surface area contributed by atoms with Crippen LogP contribution in [0.25, 0.3) is 0 Å². The minimum Gasteiger partial charge on any atom is -0.336 e.